The Morgan fingerprint density at radius 2 is 1.33 bits per heavy atom. The highest BCUT2D eigenvalue weighted by Gasteiger charge is 2.13. The molecule has 0 bridgehead atoms. The maximum absolute atomic E-state index is 15.2. The van der Waals surface area contributed by atoms with Gasteiger partial charge in [0.25, 0.3) is 0 Å². The second kappa shape index (κ2) is 8.91. The highest BCUT2D eigenvalue weighted by Crippen LogP contribution is 2.34. The number of unbranched alkanes of at least 4 members (excludes halogenated alkanes) is 4. The third-order valence-electron chi connectivity index (χ3n) is 5.76. The summed E-state index contributed by atoms with van der Waals surface area (Å²) in [5.41, 5.74) is 1.69. The van der Waals surface area contributed by atoms with E-state index in [-0.39, 0.29) is 11.1 Å². The summed E-state index contributed by atoms with van der Waals surface area (Å²) < 4.78 is 42.4. The van der Waals surface area contributed by atoms with E-state index in [1.54, 1.807) is 12.1 Å². The first-order valence-corrected chi connectivity index (χ1v) is 10.7. The zero-order valence-electron chi connectivity index (χ0n) is 17.2. The average molecular weight is 406 g/mol. The molecular formula is C27H25F3. The third kappa shape index (κ3) is 4.21. The maximum Gasteiger partial charge on any atom is 0.138 e. The summed E-state index contributed by atoms with van der Waals surface area (Å²) in [6.45, 7) is 2.22. The van der Waals surface area contributed by atoms with E-state index >= 15 is 4.39 Å². The number of fused-ring (bicyclic) bond motifs is 3. The van der Waals surface area contributed by atoms with E-state index < -0.39 is 17.5 Å². The summed E-state index contributed by atoms with van der Waals surface area (Å²) in [4.78, 5) is 0. The molecule has 0 aliphatic rings. The van der Waals surface area contributed by atoms with Crippen molar-refractivity contribution in [2.75, 3.05) is 0 Å². The van der Waals surface area contributed by atoms with Crippen LogP contribution in [0.2, 0.25) is 0 Å². The highest BCUT2D eigenvalue weighted by atomic mass is 19.1. The number of rotatable bonds is 7. The highest BCUT2D eigenvalue weighted by molar-refractivity contribution is 6.08. The van der Waals surface area contributed by atoms with Crippen molar-refractivity contribution in [3.63, 3.8) is 0 Å². The molecule has 0 saturated carbocycles. The molecule has 0 atom stereocenters. The Balaban J connectivity index is 1.68. The van der Waals surface area contributed by atoms with E-state index in [9.17, 15) is 8.78 Å². The van der Waals surface area contributed by atoms with Gasteiger partial charge in [-0.25, -0.2) is 13.2 Å². The zero-order valence-corrected chi connectivity index (χ0v) is 17.2. The lowest BCUT2D eigenvalue weighted by molar-refractivity contribution is 0.583. The van der Waals surface area contributed by atoms with Crippen molar-refractivity contribution in [3.8, 4) is 11.1 Å². The van der Waals surface area contributed by atoms with Gasteiger partial charge in [0, 0.05) is 17.0 Å². The van der Waals surface area contributed by atoms with Gasteiger partial charge in [-0.2, -0.15) is 0 Å². The summed E-state index contributed by atoms with van der Waals surface area (Å²) in [5, 5.41) is 3.33. The maximum atomic E-state index is 15.2. The van der Waals surface area contributed by atoms with Crippen LogP contribution >= 0.6 is 0 Å². The van der Waals surface area contributed by atoms with E-state index in [4.69, 9.17) is 0 Å². The molecule has 154 valence electrons. The average Bonchev–Trinajstić information content (AvgIpc) is 2.73. The molecule has 30 heavy (non-hydrogen) atoms. The van der Waals surface area contributed by atoms with E-state index in [2.05, 4.69) is 25.1 Å². The first-order valence-electron chi connectivity index (χ1n) is 10.7. The molecule has 0 saturated heterocycles. The Morgan fingerprint density at radius 3 is 2.10 bits per heavy atom. The van der Waals surface area contributed by atoms with Crippen LogP contribution in [0.4, 0.5) is 13.2 Å². The fourth-order valence-corrected chi connectivity index (χ4v) is 4.18. The fraction of sp³-hybridized carbons (Fsp3) is 0.259. The van der Waals surface area contributed by atoms with Crippen LogP contribution in [0.1, 0.15) is 44.6 Å². The normalized spacial score (nSPS) is 11.5. The van der Waals surface area contributed by atoms with E-state index in [0.29, 0.717) is 5.39 Å². The quantitative estimate of drug-likeness (QED) is 0.213. The molecule has 0 heterocycles. The molecule has 4 rings (SSSR count). The first kappa shape index (κ1) is 20.5. The van der Waals surface area contributed by atoms with Crippen LogP contribution in [-0.4, -0.2) is 0 Å². The molecule has 0 nitrogen and oxygen atoms in total. The van der Waals surface area contributed by atoms with Crippen LogP contribution in [0.3, 0.4) is 0 Å². The first-order chi connectivity index (χ1) is 14.6. The molecule has 0 fully saturated rings. The molecule has 4 aromatic rings. The standard InChI is InChI=1S/C27H25F3/c1-2-3-4-5-6-7-18-8-10-23-19(14-18)9-11-26-25(23)13-12-24(27(26)30)20-15-21(28)17-22(29)16-20/h8-17H,2-7H2,1H3. The summed E-state index contributed by atoms with van der Waals surface area (Å²) in [7, 11) is 0. The van der Waals surface area contributed by atoms with Crippen molar-refractivity contribution in [2.45, 2.75) is 45.4 Å². The van der Waals surface area contributed by atoms with Crippen molar-refractivity contribution in [1.29, 1.82) is 0 Å². The van der Waals surface area contributed by atoms with Gasteiger partial charge in [-0.1, -0.05) is 75.1 Å². The molecule has 0 aromatic heterocycles. The van der Waals surface area contributed by atoms with Gasteiger partial charge < -0.3 is 0 Å². The third-order valence-corrected chi connectivity index (χ3v) is 5.76. The van der Waals surface area contributed by atoms with Gasteiger partial charge in [0.05, 0.1) is 0 Å². The van der Waals surface area contributed by atoms with Crippen molar-refractivity contribution in [2.24, 2.45) is 0 Å². The van der Waals surface area contributed by atoms with E-state index in [1.807, 2.05) is 12.1 Å². The Kier molecular flexibility index (Phi) is 6.08. The number of hydrogen-bond acceptors (Lipinski definition) is 0. The van der Waals surface area contributed by atoms with E-state index in [0.717, 1.165) is 40.8 Å². The smallest absolute Gasteiger partial charge is 0.138 e. The van der Waals surface area contributed by atoms with Crippen LogP contribution < -0.4 is 0 Å². The number of benzene rings is 4. The predicted octanol–water partition coefficient (Wildman–Crippen LogP) is 8.59. The van der Waals surface area contributed by atoms with Gasteiger partial charge in [0.2, 0.25) is 0 Å². The van der Waals surface area contributed by atoms with Gasteiger partial charge in [0.1, 0.15) is 17.5 Å². The van der Waals surface area contributed by atoms with Crippen LogP contribution in [0.15, 0.2) is 60.7 Å². The molecular weight excluding hydrogens is 381 g/mol. The Labute approximate surface area is 175 Å². The summed E-state index contributed by atoms with van der Waals surface area (Å²) >= 11 is 0. The minimum absolute atomic E-state index is 0.198. The lowest BCUT2D eigenvalue weighted by atomic mass is 9.95. The molecule has 0 unspecified atom stereocenters. The molecule has 3 heteroatoms. The monoisotopic (exact) mass is 406 g/mol. The fourth-order valence-electron chi connectivity index (χ4n) is 4.18. The second-order valence-electron chi connectivity index (χ2n) is 7.97. The van der Waals surface area contributed by atoms with Gasteiger partial charge in [-0.05, 0) is 52.3 Å². The van der Waals surface area contributed by atoms with Crippen LogP contribution in [-0.2, 0) is 6.42 Å². The lowest BCUT2D eigenvalue weighted by Gasteiger charge is -2.11. The topological polar surface area (TPSA) is 0 Å². The van der Waals surface area contributed by atoms with Gasteiger partial charge in [0.15, 0.2) is 0 Å². The van der Waals surface area contributed by atoms with E-state index in [1.165, 1.54) is 37.7 Å². The molecule has 0 spiro atoms. The molecule has 0 radical (unpaired) electrons. The number of aryl methyl sites for hydroxylation is 1. The minimum atomic E-state index is -0.717. The molecule has 0 N–H and O–H groups in total. The SMILES string of the molecule is CCCCCCCc1ccc2c(ccc3c(F)c(-c4cc(F)cc(F)c4)ccc32)c1. The van der Waals surface area contributed by atoms with Crippen LogP contribution in [0.25, 0.3) is 32.7 Å². The summed E-state index contributed by atoms with van der Waals surface area (Å²) in [5.74, 6) is -1.89. The number of halogens is 3. The zero-order chi connectivity index (χ0) is 21.1. The molecule has 0 aliphatic heterocycles. The molecule has 0 amide bonds. The Hall–Kier alpha value is -2.81. The van der Waals surface area contributed by atoms with Crippen molar-refractivity contribution in [1.82, 2.24) is 0 Å². The molecule has 4 aromatic carbocycles. The van der Waals surface area contributed by atoms with Crippen molar-refractivity contribution >= 4 is 21.5 Å². The van der Waals surface area contributed by atoms with Crippen LogP contribution in [0.5, 0.6) is 0 Å². The second-order valence-corrected chi connectivity index (χ2v) is 7.97. The summed E-state index contributed by atoms with van der Waals surface area (Å²) in [6, 6.07) is 16.6. The predicted molar refractivity (Wildman–Crippen MR) is 119 cm³/mol. The van der Waals surface area contributed by atoms with Gasteiger partial charge >= 0.3 is 0 Å². The largest absolute Gasteiger partial charge is 0.207 e. The Morgan fingerprint density at radius 1 is 0.633 bits per heavy atom. The number of hydrogen-bond donors (Lipinski definition) is 0. The van der Waals surface area contributed by atoms with Crippen molar-refractivity contribution < 1.29 is 13.2 Å². The van der Waals surface area contributed by atoms with Crippen LogP contribution in [0, 0.1) is 17.5 Å². The van der Waals surface area contributed by atoms with Gasteiger partial charge in [-0.15, -0.1) is 0 Å². The summed E-state index contributed by atoms with van der Waals surface area (Å²) in [6.07, 6.45) is 7.30. The molecule has 0 aliphatic carbocycles. The lowest BCUT2D eigenvalue weighted by Crippen LogP contribution is -1.91. The Bertz CT molecular complexity index is 1170. The van der Waals surface area contributed by atoms with Gasteiger partial charge in [-0.3, -0.25) is 0 Å². The van der Waals surface area contributed by atoms with Crippen molar-refractivity contribution in [3.05, 3.63) is 83.7 Å². The minimum Gasteiger partial charge on any atom is -0.207 e.